The molecule has 2 fully saturated rings. The van der Waals surface area contributed by atoms with Gasteiger partial charge >= 0.3 is 0 Å². The first-order valence-electron chi connectivity index (χ1n) is 6.50. The van der Waals surface area contributed by atoms with Crippen LogP contribution in [0, 0.1) is 0 Å². The fourth-order valence-corrected chi connectivity index (χ4v) is 2.78. The van der Waals surface area contributed by atoms with Crippen molar-refractivity contribution < 1.29 is 9.90 Å². The maximum atomic E-state index is 12.4. The third-order valence-corrected chi connectivity index (χ3v) is 3.87. The lowest BCUT2D eigenvalue weighted by molar-refractivity contribution is 0.0465. The number of rotatable bonds is 2. The van der Waals surface area contributed by atoms with Crippen LogP contribution in [0.15, 0.2) is 12.3 Å². The zero-order chi connectivity index (χ0) is 12.7. The molecule has 98 valence electrons. The summed E-state index contributed by atoms with van der Waals surface area (Å²) in [7, 11) is 0. The van der Waals surface area contributed by atoms with Crippen LogP contribution in [-0.2, 0) is 0 Å². The predicted molar refractivity (Wildman–Crippen MR) is 68.9 cm³/mol. The molecule has 1 aliphatic heterocycles. The van der Waals surface area contributed by atoms with Crippen molar-refractivity contribution in [3.05, 3.63) is 23.0 Å². The Morgan fingerprint density at radius 2 is 2.17 bits per heavy atom. The molecule has 1 amide bonds. The first kappa shape index (κ1) is 12.1. The summed E-state index contributed by atoms with van der Waals surface area (Å²) in [6, 6.07) is 2.18. The number of aliphatic hydroxyl groups is 1. The van der Waals surface area contributed by atoms with Gasteiger partial charge in [-0.3, -0.25) is 4.79 Å². The number of halogens is 1. The molecule has 5 heteroatoms. The number of likely N-dealkylation sites (tertiary alicyclic amines) is 1. The SMILES string of the molecule is O=C(c1cc(Cl)cn1C1CC1)N1CCC[C@H](O)C1. The number of aromatic nitrogens is 1. The number of carbonyl (C=O) groups excluding carboxylic acids is 1. The molecule has 0 unspecified atom stereocenters. The molecule has 1 atom stereocenters. The lowest BCUT2D eigenvalue weighted by Gasteiger charge is -2.30. The van der Waals surface area contributed by atoms with E-state index in [1.165, 1.54) is 0 Å². The maximum absolute atomic E-state index is 12.4. The number of carbonyl (C=O) groups is 1. The van der Waals surface area contributed by atoms with Crippen LogP contribution in [0.3, 0.4) is 0 Å². The zero-order valence-electron chi connectivity index (χ0n) is 10.2. The molecular formula is C13H17ClN2O2. The van der Waals surface area contributed by atoms with Crippen molar-refractivity contribution in [2.24, 2.45) is 0 Å². The minimum atomic E-state index is -0.387. The summed E-state index contributed by atoms with van der Waals surface area (Å²) in [4.78, 5) is 14.2. The van der Waals surface area contributed by atoms with Gasteiger partial charge in [0.05, 0.1) is 11.1 Å². The first-order valence-corrected chi connectivity index (χ1v) is 6.87. The molecule has 4 nitrogen and oxygen atoms in total. The van der Waals surface area contributed by atoms with E-state index in [-0.39, 0.29) is 12.0 Å². The van der Waals surface area contributed by atoms with Crippen molar-refractivity contribution >= 4 is 17.5 Å². The molecule has 1 aliphatic carbocycles. The first-order chi connectivity index (χ1) is 8.65. The molecule has 0 spiro atoms. The molecule has 18 heavy (non-hydrogen) atoms. The van der Waals surface area contributed by atoms with Gasteiger partial charge < -0.3 is 14.6 Å². The Balaban J connectivity index is 1.82. The Bertz CT molecular complexity index is 468. The largest absolute Gasteiger partial charge is 0.391 e. The number of nitrogens with zero attached hydrogens (tertiary/aromatic N) is 2. The average molecular weight is 269 g/mol. The smallest absolute Gasteiger partial charge is 0.270 e. The van der Waals surface area contributed by atoms with Crippen molar-refractivity contribution in [1.82, 2.24) is 9.47 Å². The van der Waals surface area contributed by atoms with Crippen molar-refractivity contribution in [1.29, 1.82) is 0 Å². The van der Waals surface area contributed by atoms with Gasteiger partial charge in [-0.05, 0) is 31.7 Å². The Morgan fingerprint density at radius 3 is 2.83 bits per heavy atom. The zero-order valence-corrected chi connectivity index (χ0v) is 10.9. The summed E-state index contributed by atoms with van der Waals surface area (Å²) in [5.41, 5.74) is 0.664. The molecule has 1 aromatic rings. The van der Waals surface area contributed by atoms with Crippen molar-refractivity contribution in [2.45, 2.75) is 37.8 Å². The van der Waals surface area contributed by atoms with Crippen LogP contribution in [-0.4, -0.2) is 39.7 Å². The van der Waals surface area contributed by atoms with E-state index in [1.54, 1.807) is 11.0 Å². The summed E-state index contributed by atoms with van der Waals surface area (Å²) in [5.74, 6) is -0.00690. The third kappa shape index (κ3) is 2.27. The summed E-state index contributed by atoms with van der Waals surface area (Å²) in [6.45, 7) is 1.16. The van der Waals surface area contributed by atoms with E-state index < -0.39 is 0 Å². The van der Waals surface area contributed by atoms with Crippen molar-refractivity contribution in [3.63, 3.8) is 0 Å². The topological polar surface area (TPSA) is 45.5 Å². The standard InChI is InChI=1S/C13H17ClN2O2/c14-9-6-12(16(7-9)10-3-4-10)13(18)15-5-1-2-11(17)8-15/h6-7,10-11,17H,1-5,8H2/t11-/m0/s1. The second-order valence-corrected chi connectivity index (χ2v) is 5.67. The van der Waals surface area contributed by atoms with Crippen LogP contribution in [0.5, 0.6) is 0 Å². The molecular weight excluding hydrogens is 252 g/mol. The van der Waals surface area contributed by atoms with Crippen molar-refractivity contribution in [2.75, 3.05) is 13.1 Å². The Morgan fingerprint density at radius 1 is 1.39 bits per heavy atom. The molecule has 0 radical (unpaired) electrons. The molecule has 2 heterocycles. The van der Waals surface area contributed by atoms with Gasteiger partial charge in [-0.2, -0.15) is 0 Å². The van der Waals surface area contributed by atoms with Crippen LogP contribution >= 0.6 is 11.6 Å². The fraction of sp³-hybridized carbons (Fsp3) is 0.615. The third-order valence-electron chi connectivity index (χ3n) is 3.66. The van der Waals surface area contributed by atoms with E-state index in [2.05, 4.69) is 0 Å². The Hall–Kier alpha value is -1.00. The summed E-state index contributed by atoms with van der Waals surface area (Å²) < 4.78 is 1.99. The Kier molecular flexibility index (Phi) is 3.08. The van der Waals surface area contributed by atoms with Crippen LogP contribution in [0.2, 0.25) is 5.02 Å². The molecule has 1 aromatic heterocycles. The lowest BCUT2D eigenvalue weighted by atomic mass is 10.1. The van der Waals surface area contributed by atoms with E-state index >= 15 is 0 Å². The van der Waals surface area contributed by atoms with Crippen LogP contribution < -0.4 is 0 Å². The molecule has 2 aliphatic rings. The molecule has 1 saturated heterocycles. The van der Waals surface area contributed by atoms with E-state index in [4.69, 9.17) is 11.6 Å². The minimum absolute atomic E-state index is 0.00690. The normalized spacial score (nSPS) is 24.3. The molecule has 0 bridgehead atoms. The van der Waals surface area contributed by atoms with Crippen LogP contribution in [0.1, 0.15) is 42.2 Å². The molecule has 1 N–H and O–H groups in total. The minimum Gasteiger partial charge on any atom is -0.391 e. The maximum Gasteiger partial charge on any atom is 0.270 e. The van der Waals surface area contributed by atoms with E-state index in [0.717, 1.165) is 32.2 Å². The van der Waals surface area contributed by atoms with Gasteiger partial charge in [-0.25, -0.2) is 0 Å². The van der Waals surface area contributed by atoms with Gasteiger partial charge in [0.25, 0.3) is 5.91 Å². The molecule has 0 aromatic carbocycles. The molecule has 3 rings (SSSR count). The van der Waals surface area contributed by atoms with Gasteiger partial charge in [0.1, 0.15) is 5.69 Å². The average Bonchev–Trinajstić information content (AvgIpc) is 3.12. The van der Waals surface area contributed by atoms with E-state index in [9.17, 15) is 9.90 Å². The highest BCUT2D eigenvalue weighted by atomic mass is 35.5. The van der Waals surface area contributed by atoms with E-state index in [0.29, 0.717) is 23.3 Å². The van der Waals surface area contributed by atoms with Gasteiger partial charge in [-0.15, -0.1) is 0 Å². The number of hydrogen-bond acceptors (Lipinski definition) is 2. The molecule has 1 saturated carbocycles. The summed E-state index contributed by atoms with van der Waals surface area (Å²) in [5, 5.41) is 10.3. The summed E-state index contributed by atoms with van der Waals surface area (Å²) >= 11 is 6.01. The number of aliphatic hydroxyl groups excluding tert-OH is 1. The lowest BCUT2D eigenvalue weighted by Crippen LogP contribution is -2.42. The highest BCUT2D eigenvalue weighted by Crippen LogP contribution is 2.37. The van der Waals surface area contributed by atoms with Gasteiger partial charge in [-0.1, -0.05) is 11.6 Å². The van der Waals surface area contributed by atoms with E-state index in [1.807, 2.05) is 10.8 Å². The number of hydrogen-bond donors (Lipinski definition) is 1. The summed E-state index contributed by atoms with van der Waals surface area (Å²) in [6.07, 6.45) is 5.34. The van der Waals surface area contributed by atoms with Gasteiger partial charge in [0.15, 0.2) is 0 Å². The number of amides is 1. The van der Waals surface area contributed by atoms with Crippen molar-refractivity contribution in [3.8, 4) is 0 Å². The van der Waals surface area contributed by atoms with Crippen LogP contribution in [0.4, 0.5) is 0 Å². The fourth-order valence-electron chi connectivity index (χ4n) is 2.57. The highest BCUT2D eigenvalue weighted by Gasteiger charge is 2.31. The monoisotopic (exact) mass is 268 g/mol. The van der Waals surface area contributed by atoms with Gasteiger partial charge in [0.2, 0.25) is 0 Å². The quantitative estimate of drug-likeness (QED) is 0.893. The van der Waals surface area contributed by atoms with Crippen LogP contribution in [0.25, 0.3) is 0 Å². The van der Waals surface area contributed by atoms with Gasteiger partial charge in [0, 0.05) is 25.3 Å². The number of β-amino-alcohol motifs (C(OH)–C–C–N with tert-alkyl or cyclic N) is 1. The highest BCUT2D eigenvalue weighted by molar-refractivity contribution is 6.31. The second kappa shape index (κ2) is 4.59. The number of piperidine rings is 1. The second-order valence-electron chi connectivity index (χ2n) is 5.23. The predicted octanol–water partition coefficient (Wildman–Crippen LogP) is 2.07. The Labute approximate surface area is 111 Å².